The molecule has 10 nitrogen and oxygen atoms in total. The number of hydrogen-bond acceptors (Lipinski definition) is 9. The maximum atomic E-state index is 13.7. The third kappa shape index (κ3) is 8.18. The Labute approximate surface area is 262 Å². The van der Waals surface area contributed by atoms with E-state index < -0.39 is 17.3 Å². The zero-order valence-electron chi connectivity index (χ0n) is 25.2. The van der Waals surface area contributed by atoms with Crippen LogP contribution in [-0.4, -0.2) is 57.1 Å². The topological polar surface area (TPSA) is 119 Å². The first-order valence-electron chi connectivity index (χ1n) is 14.4. The highest BCUT2D eigenvalue weighted by molar-refractivity contribution is 7.22. The number of aromatic nitrogens is 3. The minimum atomic E-state index is -4.53. The predicted octanol–water partition coefficient (Wildman–Crippen LogP) is 7.58. The summed E-state index contributed by atoms with van der Waals surface area (Å²) >= 11 is 1.29. The fraction of sp³-hybridized carbons (Fsp3) is 0.387. The van der Waals surface area contributed by atoms with Gasteiger partial charge in [-0.15, -0.1) is 0 Å². The number of piperidine rings is 1. The molecule has 1 aliphatic rings. The molecule has 2 amide bonds. The fourth-order valence-corrected chi connectivity index (χ4v) is 5.79. The second kappa shape index (κ2) is 12.9. The van der Waals surface area contributed by atoms with Gasteiger partial charge < -0.3 is 25.0 Å². The number of benzene rings is 2. The molecule has 1 aliphatic heterocycles. The van der Waals surface area contributed by atoms with Gasteiger partial charge in [0.05, 0.1) is 16.0 Å². The summed E-state index contributed by atoms with van der Waals surface area (Å²) in [6.45, 7) is 8.24. The molecule has 14 heteroatoms. The fourth-order valence-electron chi connectivity index (χ4n) is 4.86. The van der Waals surface area contributed by atoms with Crippen molar-refractivity contribution in [1.29, 1.82) is 0 Å². The zero-order valence-corrected chi connectivity index (χ0v) is 26.0. The maximum Gasteiger partial charge on any atom is 0.416 e. The van der Waals surface area contributed by atoms with Crippen molar-refractivity contribution in [3.05, 3.63) is 54.4 Å². The largest absolute Gasteiger partial charge is 0.444 e. The summed E-state index contributed by atoms with van der Waals surface area (Å²) in [4.78, 5) is 38.5. The van der Waals surface area contributed by atoms with Crippen LogP contribution in [0.25, 0.3) is 21.5 Å². The van der Waals surface area contributed by atoms with Crippen LogP contribution in [-0.2, 0) is 15.7 Å². The molecule has 0 aliphatic carbocycles. The normalized spacial score (nSPS) is 14.3. The maximum absolute atomic E-state index is 13.7. The van der Waals surface area contributed by atoms with Gasteiger partial charge in [-0.05, 0) is 63.8 Å². The quantitative estimate of drug-likeness (QED) is 0.212. The van der Waals surface area contributed by atoms with Crippen LogP contribution in [0.2, 0.25) is 0 Å². The average molecular weight is 643 g/mol. The number of anilines is 2. The Kier molecular flexibility index (Phi) is 9.14. The molecule has 0 bridgehead atoms. The van der Waals surface area contributed by atoms with E-state index in [2.05, 4.69) is 25.6 Å². The number of alkyl halides is 3. The number of halogens is 3. The Morgan fingerprint density at radius 1 is 1.07 bits per heavy atom. The Hall–Kier alpha value is -4.46. The smallest absolute Gasteiger partial charge is 0.416 e. The predicted molar refractivity (Wildman–Crippen MR) is 165 cm³/mol. The highest BCUT2D eigenvalue weighted by Gasteiger charge is 2.32. The number of para-hydroxylation sites is 1. The van der Waals surface area contributed by atoms with E-state index in [1.54, 1.807) is 23.1 Å². The number of amides is 2. The van der Waals surface area contributed by atoms with Crippen LogP contribution in [0.3, 0.4) is 0 Å². The molecule has 0 saturated carbocycles. The first kappa shape index (κ1) is 31.9. The van der Waals surface area contributed by atoms with Crippen LogP contribution >= 0.6 is 11.3 Å². The van der Waals surface area contributed by atoms with Crippen LogP contribution in [0.4, 0.5) is 28.8 Å². The van der Waals surface area contributed by atoms with Crippen molar-refractivity contribution in [1.82, 2.24) is 19.9 Å². The molecule has 0 atom stereocenters. The minimum absolute atomic E-state index is 0.136. The van der Waals surface area contributed by atoms with Gasteiger partial charge in [-0.25, -0.2) is 19.7 Å². The summed E-state index contributed by atoms with van der Waals surface area (Å²) in [7, 11) is 0. The molecule has 2 aromatic heterocycles. The molecule has 4 aromatic rings. The number of hydrogen-bond donors (Lipinski definition) is 2. The summed E-state index contributed by atoms with van der Waals surface area (Å²) < 4.78 is 53.4. The van der Waals surface area contributed by atoms with Crippen LogP contribution in [0.5, 0.6) is 11.6 Å². The van der Waals surface area contributed by atoms with Gasteiger partial charge in [-0.3, -0.25) is 4.79 Å². The molecule has 0 spiro atoms. The molecular weight excluding hydrogens is 609 g/mol. The van der Waals surface area contributed by atoms with Crippen molar-refractivity contribution >= 4 is 44.4 Å². The number of carbonyl (C=O) groups is 2. The van der Waals surface area contributed by atoms with Crippen LogP contribution in [0, 0.1) is 5.92 Å². The third-order valence-corrected chi connectivity index (χ3v) is 7.93. The lowest BCUT2D eigenvalue weighted by molar-refractivity contribution is -0.137. The van der Waals surface area contributed by atoms with E-state index >= 15 is 0 Å². The molecule has 1 saturated heterocycles. The molecule has 0 radical (unpaired) electrons. The number of likely N-dealkylation sites (tertiary alicyclic amines) is 1. The van der Waals surface area contributed by atoms with E-state index in [4.69, 9.17) is 9.47 Å². The summed E-state index contributed by atoms with van der Waals surface area (Å²) in [5, 5.41) is 6.30. The summed E-state index contributed by atoms with van der Waals surface area (Å²) in [5.41, 5.74) is 0.226. The monoisotopic (exact) mass is 642 g/mol. The van der Waals surface area contributed by atoms with E-state index in [9.17, 15) is 22.8 Å². The lowest BCUT2D eigenvalue weighted by Crippen LogP contribution is -2.42. The second-order valence-corrected chi connectivity index (χ2v) is 12.7. The molecule has 0 unspecified atom stereocenters. The summed E-state index contributed by atoms with van der Waals surface area (Å²) in [5.74, 6) is 0.455. The van der Waals surface area contributed by atoms with E-state index in [0.29, 0.717) is 60.1 Å². The van der Waals surface area contributed by atoms with Crippen molar-refractivity contribution in [2.75, 3.05) is 30.3 Å². The lowest BCUT2D eigenvalue weighted by atomic mass is 9.96. The van der Waals surface area contributed by atoms with Crippen molar-refractivity contribution < 1.29 is 32.2 Å². The Balaban J connectivity index is 1.34. The van der Waals surface area contributed by atoms with Crippen LogP contribution in [0.15, 0.2) is 48.8 Å². The van der Waals surface area contributed by atoms with Gasteiger partial charge in [-0.1, -0.05) is 23.5 Å². The number of nitrogens with one attached hydrogen (secondary N) is 2. The van der Waals surface area contributed by atoms with Gasteiger partial charge in [0.1, 0.15) is 17.4 Å². The van der Waals surface area contributed by atoms with E-state index in [1.807, 2.05) is 26.8 Å². The molecule has 5 rings (SSSR count). The first-order chi connectivity index (χ1) is 21.2. The first-order valence-corrected chi connectivity index (χ1v) is 15.2. The Bertz CT molecular complexity index is 1700. The van der Waals surface area contributed by atoms with Crippen molar-refractivity contribution in [3.8, 4) is 22.9 Å². The summed E-state index contributed by atoms with van der Waals surface area (Å²) in [6, 6.07) is 10.4. The van der Waals surface area contributed by atoms with Gasteiger partial charge in [0.2, 0.25) is 11.8 Å². The van der Waals surface area contributed by atoms with E-state index in [1.165, 1.54) is 30.7 Å². The minimum Gasteiger partial charge on any atom is -0.444 e. The molecule has 3 heterocycles. The van der Waals surface area contributed by atoms with Crippen molar-refractivity contribution in [2.24, 2.45) is 5.92 Å². The number of ether oxygens (including phenoxy) is 2. The molecule has 2 N–H and O–H groups in total. The van der Waals surface area contributed by atoms with E-state index in [-0.39, 0.29) is 29.5 Å². The second-order valence-electron chi connectivity index (χ2n) is 11.7. The number of rotatable bonds is 7. The van der Waals surface area contributed by atoms with Gasteiger partial charge in [-0.2, -0.15) is 13.2 Å². The van der Waals surface area contributed by atoms with E-state index in [0.717, 1.165) is 16.8 Å². The number of carbonyl (C=O) groups excluding carboxylic acids is 2. The average Bonchev–Trinajstić information content (AvgIpc) is 3.38. The Morgan fingerprint density at radius 3 is 2.51 bits per heavy atom. The number of nitrogens with zero attached hydrogens (tertiary/aromatic N) is 4. The number of thiazole rings is 1. The Morgan fingerprint density at radius 2 is 1.82 bits per heavy atom. The zero-order chi connectivity index (χ0) is 32.4. The molecule has 238 valence electrons. The molecule has 2 aromatic carbocycles. The highest BCUT2D eigenvalue weighted by Crippen LogP contribution is 2.38. The van der Waals surface area contributed by atoms with Crippen molar-refractivity contribution in [3.63, 3.8) is 0 Å². The molecule has 45 heavy (non-hydrogen) atoms. The molecule has 1 fully saturated rings. The van der Waals surface area contributed by atoms with Gasteiger partial charge in [0.15, 0.2) is 10.9 Å². The standard InChI is InChI=1S/C31H33F3N6O4S/c1-18(41)38-28-39-27-24(6-5-7-25(27)45-28)43-26-15-23(36-17-37-26)21-9-8-20(31(32,33)34)14-22(21)35-16-19-10-12-40(13-11-19)29(42)44-30(2,3)4/h5-9,14-15,17,19,35H,10-13,16H2,1-4H3,(H,38,39,41). The van der Waals surface area contributed by atoms with Gasteiger partial charge in [0, 0.05) is 43.9 Å². The lowest BCUT2D eigenvalue weighted by Gasteiger charge is -2.33. The van der Waals surface area contributed by atoms with Gasteiger partial charge in [0.25, 0.3) is 0 Å². The van der Waals surface area contributed by atoms with Crippen molar-refractivity contribution in [2.45, 2.75) is 52.3 Å². The SMILES string of the molecule is CC(=O)Nc1nc2c(Oc3cc(-c4ccc(C(F)(F)F)cc4NCC4CCN(C(=O)OC(C)(C)C)CC4)ncn3)cccc2s1. The molecular formula is C31H33F3N6O4S. The number of fused-ring (bicyclic) bond motifs is 1. The van der Waals surface area contributed by atoms with Crippen LogP contribution in [0.1, 0.15) is 46.1 Å². The third-order valence-electron chi connectivity index (χ3n) is 6.99. The van der Waals surface area contributed by atoms with Crippen LogP contribution < -0.4 is 15.4 Å². The highest BCUT2D eigenvalue weighted by atomic mass is 32.1. The van der Waals surface area contributed by atoms with Gasteiger partial charge >= 0.3 is 12.3 Å². The summed E-state index contributed by atoms with van der Waals surface area (Å²) in [6.07, 6.45) is -2.26.